The number of rotatable bonds is 9. The summed E-state index contributed by atoms with van der Waals surface area (Å²) in [7, 11) is 0. The van der Waals surface area contributed by atoms with Crippen LogP contribution in [0.2, 0.25) is 0 Å². The number of carboxylic acid groups (broad SMARTS) is 1. The number of amides is 2. The Morgan fingerprint density at radius 2 is 1.76 bits per heavy atom. The van der Waals surface area contributed by atoms with Crippen LogP contribution in [0.5, 0.6) is 5.88 Å². The van der Waals surface area contributed by atoms with Crippen molar-refractivity contribution >= 4 is 17.6 Å². The zero-order valence-electron chi connectivity index (χ0n) is 20.0. The highest BCUT2D eigenvalue weighted by Crippen LogP contribution is 2.26. The molecular weight excluding hydrogens is 505 g/mol. The van der Waals surface area contributed by atoms with Crippen molar-refractivity contribution in [3.63, 3.8) is 0 Å². The van der Waals surface area contributed by atoms with Gasteiger partial charge in [0.15, 0.2) is 0 Å². The van der Waals surface area contributed by atoms with Crippen molar-refractivity contribution in [2.24, 2.45) is 0 Å². The third-order valence-corrected chi connectivity index (χ3v) is 5.51. The molecular formula is C23H24F5N5O4. The monoisotopic (exact) mass is 529 g/mol. The SMILES string of the molecule is Cc1cn2c(C(=O)NCC(C)(CCC(F)(F)F)NC(=O)O)c(C)nc2c(OCc2c(F)cccc2F)n1. The van der Waals surface area contributed by atoms with E-state index in [1.807, 2.05) is 5.32 Å². The van der Waals surface area contributed by atoms with E-state index in [-0.39, 0.29) is 28.5 Å². The summed E-state index contributed by atoms with van der Waals surface area (Å²) in [5, 5.41) is 13.5. The maximum atomic E-state index is 14.0. The molecule has 2 heterocycles. The molecule has 2 amide bonds. The lowest BCUT2D eigenvalue weighted by Gasteiger charge is -2.30. The Bertz CT molecular complexity index is 1310. The Morgan fingerprint density at radius 3 is 2.35 bits per heavy atom. The molecule has 0 aliphatic heterocycles. The van der Waals surface area contributed by atoms with Crippen LogP contribution in [0.1, 0.15) is 47.2 Å². The van der Waals surface area contributed by atoms with Crippen molar-refractivity contribution in [1.82, 2.24) is 25.0 Å². The largest absolute Gasteiger partial charge is 0.470 e. The van der Waals surface area contributed by atoms with E-state index in [1.54, 1.807) is 6.92 Å². The van der Waals surface area contributed by atoms with Crippen LogP contribution in [0, 0.1) is 25.5 Å². The van der Waals surface area contributed by atoms with Crippen molar-refractivity contribution in [3.05, 3.63) is 58.7 Å². The number of aromatic nitrogens is 3. The van der Waals surface area contributed by atoms with E-state index in [0.717, 1.165) is 12.1 Å². The third kappa shape index (κ3) is 6.83. The minimum Gasteiger partial charge on any atom is -0.470 e. The van der Waals surface area contributed by atoms with Gasteiger partial charge in [0.05, 0.1) is 22.5 Å². The van der Waals surface area contributed by atoms with Crippen LogP contribution in [0.4, 0.5) is 26.7 Å². The highest BCUT2D eigenvalue weighted by Gasteiger charge is 2.35. The molecule has 200 valence electrons. The Balaban J connectivity index is 1.86. The predicted molar refractivity (Wildman–Crippen MR) is 120 cm³/mol. The highest BCUT2D eigenvalue weighted by atomic mass is 19.4. The molecule has 3 N–H and O–H groups in total. The second kappa shape index (κ2) is 10.6. The van der Waals surface area contributed by atoms with Gasteiger partial charge in [-0.15, -0.1) is 0 Å². The second-order valence-corrected chi connectivity index (χ2v) is 8.70. The summed E-state index contributed by atoms with van der Waals surface area (Å²) in [6.07, 6.45) is -6.47. The standard InChI is InChI=1S/C23H24F5N5O4/c1-12-9-33-17(19(34)29-11-22(3,32-21(35)36)7-8-23(26,27)28)13(2)31-18(33)20(30-12)37-10-14-15(24)5-4-6-16(14)25/h4-6,9,32H,7-8,10-11H2,1-3H3,(H,29,34)(H,35,36). The van der Waals surface area contributed by atoms with Gasteiger partial charge >= 0.3 is 12.3 Å². The number of alkyl halides is 3. The summed E-state index contributed by atoms with van der Waals surface area (Å²) in [5.41, 5.74) is -1.31. The summed E-state index contributed by atoms with van der Waals surface area (Å²) < 4.78 is 73.0. The van der Waals surface area contributed by atoms with Gasteiger partial charge in [0.1, 0.15) is 23.9 Å². The Morgan fingerprint density at radius 1 is 1.11 bits per heavy atom. The number of imidazole rings is 1. The van der Waals surface area contributed by atoms with E-state index in [9.17, 15) is 31.5 Å². The first kappa shape index (κ1) is 27.6. The third-order valence-electron chi connectivity index (χ3n) is 5.51. The second-order valence-electron chi connectivity index (χ2n) is 8.70. The molecule has 0 bridgehead atoms. The van der Waals surface area contributed by atoms with Crippen LogP contribution in [0.15, 0.2) is 24.4 Å². The number of hydrogen-bond donors (Lipinski definition) is 3. The number of halogens is 5. The molecule has 1 unspecified atom stereocenters. The van der Waals surface area contributed by atoms with Crippen LogP contribution in [0.3, 0.4) is 0 Å². The van der Waals surface area contributed by atoms with Crippen LogP contribution in [0.25, 0.3) is 5.65 Å². The molecule has 14 heteroatoms. The van der Waals surface area contributed by atoms with Gasteiger partial charge in [-0.25, -0.2) is 23.5 Å². The minimum absolute atomic E-state index is 0.00378. The molecule has 0 aliphatic carbocycles. The van der Waals surface area contributed by atoms with Gasteiger partial charge in [-0.3, -0.25) is 9.20 Å². The first-order valence-electron chi connectivity index (χ1n) is 11.0. The number of carbonyl (C=O) groups is 2. The quantitative estimate of drug-likeness (QED) is 0.356. The fourth-order valence-electron chi connectivity index (χ4n) is 3.66. The molecule has 37 heavy (non-hydrogen) atoms. The Hall–Kier alpha value is -3.97. The molecule has 1 atom stereocenters. The zero-order chi connectivity index (χ0) is 27.5. The van der Waals surface area contributed by atoms with Crippen molar-refractivity contribution < 1.29 is 41.4 Å². The number of nitrogens with zero attached hydrogens (tertiary/aromatic N) is 3. The molecule has 0 fully saturated rings. The van der Waals surface area contributed by atoms with E-state index < -0.39 is 61.3 Å². The lowest BCUT2D eigenvalue weighted by molar-refractivity contribution is -0.138. The number of carbonyl (C=O) groups excluding carboxylic acids is 1. The van der Waals surface area contributed by atoms with Crippen molar-refractivity contribution in [1.29, 1.82) is 0 Å². The number of fused-ring (bicyclic) bond motifs is 1. The summed E-state index contributed by atoms with van der Waals surface area (Å²) in [6.45, 7) is 3.38. The van der Waals surface area contributed by atoms with Gasteiger partial charge in [-0.2, -0.15) is 13.2 Å². The maximum absolute atomic E-state index is 14.0. The van der Waals surface area contributed by atoms with Gasteiger partial charge in [0.25, 0.3) is 11.8 Å². The van der Waals surface area contributed by atoms with Crippen LogP contribution < -0.4 is 15.4 Å². The van der Waals surface area contributed by atoms with Crippen molar-refractivity contribution in [2.75, 3.05) is 6.54 Å². The highest BCUT2D eigenvalue weighted by molar-refractivity contribution is 5.95. The van der Waals surface area contributed by atoms with E-state index >= 15 is 0 Å². The van der Waals surface area contributed by atoms with Crippen molar-refractivity contribution in [3.8, 4) is 5.88 Å². The fraction of sp³-hybridized carbons (Fsp3) is 0.391. The van der Waals surface area contributed by atoms with Gasteiger partial charge in [-0.05, 0) is 39.3 Å². The van der Waals surface area contributed by atoms with E-state index in [4.69, 9.17) is 9.84 Å². The van der Waals surface area contributed by atoms with Crippen LogP contribution in [-0.4, -0.2) is 49.7 Å². The summed E-state index contributed by atoms with van der Waals surface area (Å²) in [5.74, 6) is -2.47. The predicted octanol–water partition coefficient (Wildman–Crippen LogP) is 4.30. The number of aryl methyl sites for hydroxylation is 2. The summed E-state index contributed by atoms with van der Waals surface area (Å²) in [4.78, 5) is 32.6. The maximum Gasteiger partial charge on any atom is 0.405 e. The average molecular weight is 529 g/mol. The van der Waals surface area contributed by atoms with Gasteiger partial charge in [-0.1, -0.05) is 6.07 Å². The van der Waals surface area contributed by atoms with Crippen LogP contribution in [-0.2, 0) is 6.61 Å². The zero-order valence-corrected chi connectivity index (χ0v) is 20.0. The normalized spacial score (nSPS) is 13.3. The molecule has 0 spiro atoms. The smallest absolute Gasteiger partial charge is 0.405 e. The van der Waals surface area contributed by atoms with Crippen molar-refractivity contribution in [2.45, 2.75) is 51.9 Å². The van der Waals surface area contributed by atoms with E-state index in [1.165, 1.54) is 30.5 Å². The molecule has 0 aliphatic rings. The topological polar surface area (TPSA) is 118 Å². The lowest BCUT2D eigenvalue weighted by atomic mass is 9.95. The van der Waals surface area contributed by atoms with E-state index in [0.29, 0.717) is 5.69 Å². The van der Waals surface area contributed by atoms with Crippen LogP contribution >= 0.6 is 0 Å². The molecule has 9 nitrogen and oxygen atoms in total. The van der Waals surface area contributed by atoms with Gasteiger partial charge in [0.2, 0.25) is 5.65 Å². The first-order chi connectivity index (χ1) is 17.2. The van der Waals surface area contributed by atoms with Gasteiger partial charge in [0, 0.05) is 19.2 Å². The molecule has 3 rings (SSSR count). The fourth-order valence-corrected chi connectivity index (χ4v) is 3.66. The average Bonchev–Trinajstić information content (AvgIpc) is 3.10. The van der Waals surface area contributed by atoms with Gasteiger partial charge < -0.3 is 20.5 Å². The summed E-state index contributed by atoms with van der Waals surface area (Å²) in [6, 6.07) is 3.36. The number of benzene rings is 1. The molecule has 0 saturated heterocycles. The molecule has 0 radical (unpaired) electrons. The minimum atomic E-state index is -4.52. The number of hydrogen-bond acceptors (Lipinski definition) is 5. The number of ether oxygens (including phenoxy) is 1. The molecule has 0 saturated carbocycles. The Labute approximate surface area is 207 Å². The lowest BCUT2D eigenvalue weighted by Crippen LogP contribution is -2.53. The first-order valence-corrected chi connectivity index (χ1v) is 11.0. The molecule has 2 aromatic heterocycles. The van der Waals surface area contributed by atoms with E-state index in [2.05, 4.69) is 15.3 Å². The molecule has 1 aromatic carbocycles. The number of nitrogens with one attached hydrogen (secondary N) is 2. The molecule has 3 aromatic rings. The Kier molecular flexibility index (Phi) is 7.88. The summed E-state index contributed by atoms with van der Waals surface area (Å²) >= 11 is 0.